The number of hydrogen-bond acceptors (Lipinski definition) is 4. The summed E-state index contributed by atoms with van der Waals surface area (Å²) < 4.78 is 5.29. The van der Waals surface area contributed by atoms with E-state index in [4.69, 9.17) is 4.42 Å². The SMILES string of the molecule is O=C(c1ccco1)N1CCC2(CC1)NC(Cc1ccccc1)C(=O)N2Cc1ccccc1. The van der Waals surface area contributed by atoms with Crippen LogP contribution in [0, 0.1) is 0 Å². The standard InChI is InChI=1S/C26H27N3O3/c30-24-22(18-20-8-3-1-4-9-20)27-26(29(24)19-21-10-5-2-6-11-21)13-15-28(16-14-26)25(31)23-12-7-17-32-23/h1-12,17,22,27H,13-16,18-19H2. The van der Waals surface area contributed by atoms with Crippen LogP contribution in [-0.2, 0) is 17.8 Å². The summed E-state index contributed by atoms with van der Waals surface area (Å²) in [6.07, 6.45) is 3.54. The molecule has 0 saturated carbocycles. The molecule has 1 aromatic heterocycles. The first-order valence-electron chi connectivity index (χ1n) is 11.1. The quantitative estimate of drug-likeness (QED) is 0.675. The Morgan fingerprint density at radius 1 is 0.938 bits per heavy atom. The number of amides is 2. The number of nitrogens with one attached hydrogen (secondary N) is 1. The van der Waals surface area contributed by atoms with E-state index >= 15 is 0 Å². The van der Waals surface area contributed by atoms with Crippen LogP contribution in [-0.4, -0.2) is 46.4 Å². The highest BCUT2D eigenvalue weighted by atomic mass is 16.3. The molecule has 6 nitrogen and oxygen atoms in total. The van der Waals surface area contributed by atoms with Crippen LogP contribution in [0.25, 0.3) is 0 Å². The molecule has 2 amide bonds. The van der Waals surface area contributed by atoms with Gasteiger partial charge in [-0.3, -0.25) is 14.9 Å². The number of piperidine rings is 1. The lowest BCUT2D eigenvalue weighted by molar-refractivity contribution is -0.134. The van der Waals surface area contributed by atoms with Gasteiger partial charge in [0.05, 0.1) is 18.0 Å². The van der Waals surface area contributed by atoms with Crippen LogP contribution in [0.2, 0.25) is 0 Å². The number of carbonyl (C=O) groups is 2. The molecular weight excluding hydrogens is 402 g/mol. The predicted molar refractivity (Wildman–Crippen MR) is 121 cm³/mol. The summed E-state index contributed by atoms with van der Waals surface area (Å²) in [6, 6.07) is 23.4. The van der Waals surface area contributed by atoms with Gasteiger partial charge in [-0.2, -0.15) is 0 Å². The minimum Gasteiger partial charge on any atom is -0.459 e. The van der Waals surface area contributed by atoms with Crippen LogP contribution in [0.5, 0.6) is 0 Å². The lowest BCUT2D eigenvalue weighted by Crippen LogP contribution is -2.59. The third-order valence-corrected chi connectivity index (χ3v) is 6.60. The molecule has 1 spiro atoms. The fraction of sp³-hybridized carbons (Fsp3) is 0.308. The summed E-state index contributed by atoms with van der Waals surface area (Å²) in [5.41, 5.74) is 1.80. The highest BCUT2D eigenvalue weighted by Gasteiger charge is 2.51. The molecular formula is C26H27N3O3. The summed E-state index contributed by atoms with van der Waals surface area (Å²) >= 11 is 0. The van der Waals surface area contributed by atoms with Gasteiger partial charge in [0.2, 0.25) is 5.91 Å². The average molecular weight is 430 g/mol. The van der Waals surface area contributed by atoms with E-state index in [9.17, 15) is 9.59 Å². The van der Waals surface area contributed by atoms with Crippen LogP contribution < -0.4 is 5.32 Å². The molecule has 2 fully saturated rings. The van der Waals surface area contributed by atoms with Crippen molar-refractivity contribution in [2.45, 2.75) is 37.5 Å². The third-order valence-electron chi connectivity index (χ3n) is 6.60. The van der Waals surface area contributed by atoms with Crippen LogP contribution in [0.15, 0.2) is 83.5 Å². The van der Waals surface area contributed by atoms with Gasteiger partial charge in [0.25, 0.3) is 5.91 Å². The minimum absolute atomic E-state index is 0.0929. The highest BCUT2D eigenvalue weighted by molar-refractivity contribution is 5.91. The average Bonchev–Trinajstić information content (AvgIpc) is 3.45. The smallest absolute Gasteiger partial charge is 0.289 e. The largest absolute Gasteiger partial charge is 0.459 e. The number of hydrogen-bond donors (Lipinski definition) is 1. The first kappa shape index (κ1) is 20.5. The molecule has 1 N–H and O–H groups in total. The maximum atomic E-state index is 13.6. The molecule has 5 rings (SSSR count). The zero-order chi connectivity index (χ0) is 22.0. The molecule has 2 aromatic carbocycles. The van der Waals surface area contributed by atoms with Gasteiger partial charge in [-0.25, -0.2) is 0 Å². The number of likely N-dealkylation sites (tertiary alicyclic amines) is 1. The van der Waals surface area contributed by atoms with Gasteiger partial charge in [0.1, 0.15) is 0 Å². The molecule has 2 saturated heterocycles. The van der Waals surface area contributed by atoms with Crippen LogP contribution in [0.1, 0.15) is 34.5 Å². The molecule has 1 atom stereocenters. The van der Waals surface area contributed by atoms with Crippen molar-refractivity contribution < 1.29 is 14.0 Å². The summed E-state index contributed by atoms with van der Waals surface area (Å²) in [5.74, 6) is 0.396. The summed E-state index contributed by atoms with van der Waals surface area (Å²) in [4.78, 5) is 30.1. The Labute approximate surface area is 187 Å². The van der Waals surface area contributed by atoms with E-state index in [2.05, 4.69) is 29.6 Å². The number of furan rings is 1. The summed E-state index contributed by atoms with van der Waals surface area (Å²) in [5, 5.41) is 3.68. The maximum absolute atomic E-state index is 13.6. The van der Waals surface area contributed by atoms with Crippen molar-refractivity contribution in [1.29, 1.82) is 0 Å². The Balaban J connectivity index is 1.37. The van der Waals surface area contributed by atoms with Gasteiger partial charge in [-0.05, 0) is 29.7 Å². The number of carbonyl (C=O) groups excluding carboxylic acids is 2. The van der Waals surface area contributed by atoms with Crippen molar-refractivity contribution in [3.05, 3.63) is 95.9 Å². The molecule has 2 aliphatic rings. The van der Waals surface area contributed by atoms with Gasteiger partial charge < -0.3 is 14.2 Å². The van der Waals surface area contributed by atoms with E-state index in [0.717, 1.165) is 11.1 Å². The molecule has 0 bridgehead atoms. The van der Waals surface area contributed by atoms with Gasteiger partial charge in [0.15, 0.2) is 5.76 Å². The number of benzene rings is 2. The minimum atomic E-state index is -0.452. The number of rotatable bonds is 5. The van der Waals surface area contributed by atoms with E-state index < -0.39 is 5.66 Å². The summed E-state index contributed by atoms with van der Waals surface area (Å²) in [7, 11) is 0. The maximum Gasteiger partial charge on any atom is 0.289 e. The van der Waals surface area contributed by atoms with Crippen molar-refractivity contribution in [3.63, 3.8) is 0 Å². The first-order valence-corrected chi connectivity index (χ1v) is 11.1. The van der Waals surface area contributed by atoms with Crippen molar-refractivity contribution in [1.82, 2.24) is 15.1 Å². The van der Waals surface area contributed by atoms with Crippen LogP contribution in [0.4, 0.5) is 0 Å². The molecule has 0 aliphatic carbocycles. The second kappa shape index (κ2) is 8.63. The van der Waals surface area contributed by atoms with Gasteiger partial charge in [-0.1, -0.05) is 60.7 Å². The van der Waals surface area contributed by atoms with Crippen molar-refractivity contribution in [3.8, 4) is 0 Å². The van der Waals surface area contributed by atoms with Crippen LogP contribution >= 0.6 is 0 Å². The Hall–Kier alpha value is -3.38. The van der Waals surface area contributed by atoms with Crippen LogP contribution in [0.3, 0.4) is 0 Å². The fourth-order valence-corrected chi connectivity index (χ4v) is 4.90. The zero-order valence-electron chi connectivity index (χ0n) is 17.9. The topological polar surface area (TPSA) is 65.8 Å². The zero-order valence-corrected chi connectivity index (χ0v) is 17.9. The van der Waals surface area contributed by atoms with Gasteiger partial charge >= 0.3 is 0 Å². The fourth-order valence-electron chi connectivity index (χ4n) is 4.90. The van der Waals surface area contributed by atoms with Gasteiger partial charge in [-0.15, -0.1) is 0 Å². The van der Waals surface area contributed by atoms with E-state index in [0.29, 0.717) is 44.7 Å². The molecule has 0 radical (unpaired) electrons. The number of nitrogens with zero attached hydrogens (tertiary/aromatic N) is 2. The van der Waals surface area contributed by atoms with Crippen molar-refractivity contribution in [2.24, 2.45) is 0 Å². The molecule has 3 heterocycles. The summed E-state index contributed by atoms with van der Waals surface area (Å²) in [6.45, 7) is 1.70. The van der Waals surface area contributed by atoms with Gasteiger partial charge in [0, 0.05) is 32.5 Å². The Morgan fingerprint density at radius 2 is 1.59 bits per heavy atom. The molecule has 1 unspecified atom stereocenters. The molecule has 164 valence electrons. The molecule has 2 aliphatic heterocycles. The Bertz CT molecular complexity index is 1060. The normalized spacial score (nSPS) is 20.1. The van der Waals surface area contributed by atoms with E-state index in [-0.39, 0.29) is 17.9 Å². The monoisotopic (exact) mass is 429 g/mol. The van der Waals surface area contributed by atoms with Crippen molar-refractivity contribution in [2.75, 3.05) is 13.1 Å². The molecule has 3 aromatic rings. The lowest BCUT2D eigenvalue weighted by atomic mass is 9.95. The second-order valence-corrected chi connectivity index (χ2v) is 8.60. The van der Waals surface area contributed by atoms with Crippen molar-refractivity contribution >= 4 is 11.8 Å². The van der Waals surface area contributed by atoms with E-state index in [1.807, 2.05) is 46.2 Å². The molecule has 6 heteroatoms. The van der Waals surface area contributed by atoms with E-state index in [1.165, 1.54) is 6.26 Å². The first-order chi connectivity index (χ1) is 15.6. The predicted octanol–water partition coefficient (Wildman–Crippen LogP) is 3.46. The second-order valence-electron chi connectivity index (χ2n) is 8.60. The Morgan fingerprint density at radius 3 is 2.22 bits per heavy atom. The third kappa shape index (κ3) is 3.94. The van der Waals surface area contributed by atoms with E-state index in [1.54, 1.807) is 12.1 Å². The highest BCUT2D eigenvalue weighted by Crippen LogP contribution is 2.35. The Kier molecular flexibility index (Phi) is 5.53. The molecule has 32 heavy (non-hydrogen) atoms. The lowest BCUT2D eigenvalue weighted by Gasteiger charge is -2.44.